The van der Waals surface area contributed by atoms with Gasteiger partial charge in [0.2, 0.25) is 0 Å². The lowest BCUT2D eigenvalue weighted by Crippen LogP contribution is -2.70. The molecule has 9 aliphatic heterocycles. The summed E-state index contributed by atoms with van der Waals surface area (Å²) in [6.07, 6.45) is -75.2. The Kier molecular flexibility index (Phi) is 30.9. The molecule has 9 heterocycles. The molecule has 0 aliphatic carbocycles. The number of aliphatic carboxylic acids is 1. The third kappa shape index (κ3) is 18.0. The van der Waals surface area contributed by atoms with Crippen LogP contribution < -0.4 is 5.73 Å². The van der Waals surface area contributed by atoms with Crippen molar-refractivity contribution in [2.45, 2.75) is 298 Å². The number of ether oxygens (including phenoxy) is 17. The van der Waals surface area contributed by atoms with Crippen LogP contribution in [-0.2, 0) is 85.3 Å². The van der Waals surface area contributed by atoms with Gasteiger partial charge in [-0.05, 0) is 6.92 Å². The third-order valence-corrected chi connectivity index (χ3v) is 21.5. The summed E-state index contributed by atoms with van der Waals surface area (Å²) in [6.45, 7) is -1.42. The molecule has 46 atom stereocenters. The normalized spacial score (nSPS) is 51.9. The molecule has 0 saturated carbocycles. The monoisotopic (exact) mass is 1550 g/mol. The fraction of sp³-hybridized carbons (Fsp3) is 0.984. The highest BCUT2D eigenvalue weighted by Crippen LogP contribution is 2.43. The van der Waals surface area contributed by atoms with Crippen molar-refractivity contribution < 1.29 is 213 Å². The molecule has 0 amide bonds. The molecule has 9 rings (SSSR count). The van der Waals surface area contributed by atoms with E-state index in [0.29, 0.717) is 0 Å². The average molecular weight is 1550 g/mol. The van der Waals surface area contributed by atoms with Crippen molar-refractivity contribution in [3.63, 3.8) is 0 Å². The second-order valence-corrected chi connectivity index (χ2v) is 28.5. The minimum atomic E-state index is -3.13. The molecule has 44 heteroatoms. The van der Waals surface area contributed by atoms with Gasteiger partial charge in [-0.25, -0.2) is 4.79 Å². The van der Waals surface area contributed by atoms with Gasteiger partial charge in [-0.1, -0.05) is 27.7 Å². The van der Waals surface area contributed by atoms with Gasteiger partial charge in [-0.2, -0.15) is 0 Å². The van der Waals surface area contributed by atoms with Gasteiger partial charge < -0.3 is 214 Å². The highest BCUT2D eigenvalue weighted by Gasteiger charge is 2.62. The van der Waals surface area contributed by atoms with Gasteiger partial charge in [-0.15, -0.1) is 0 Å². The van der Waals surface area contributed by atoms with Crippen LogP contribution in [-0.4, -0.2) is 450 Å². The van der Waals surface area contributed by atoms with Crippen LogP contribution in [0.1, 0.15) is 41.0 Å². The second-order valence-electron chi connectivity index (χ2n) is 28.5. The van der Waals surface area contributed by atoms with Gasteiger partial charge in [0.05, 0.1) is 102 Å². The Morgan fingerprint density at radius 2 is 0.736 bits per heavy atom. The lowest BCUT2D eigenvalue weighted by molar-refractivity contribution is -0.400. The number of aliphatic hydroxyl groups is 24. The van der Waals surface area contributed by atoms with Crippen molar-refractivity contribution in [1.82, 2.24) is 0 Å². The fourth-order valence-corrected chi connectivity index (χ4v) is 14.5. The van der Waals surface area contributed by atoms with Crippen LogP contribution >= 0.6 is 0 Å². The van der Waals surface area contributed by atoms with Gasteiger partial charge in [0.25, 0.3) is 5.79 Å². The molecule has 9 aliphatic rings. The molecule has 44 nitrogen and oxygen atoms in total. The third-order valence-electron chi connectivity index (χ3n) is 21.5. The molecule has 106 heavy (non-hydrogen) atoms. The Labute approximate surface area is 604 Å². The van der Waals surface area contributed by atoms with E-state index in [2.05, 4.69) is 0 Å². The molecule has 0 aromatic heterocycles. The Morgan fingerprint density at radius 3 is 1.21 bits per heavy atom. The average Bonchev–Trinajstić information content (AvgIpc) is 0.760. The summed E-state index contributed by atoms with van der Waals surface area (Å²) >= 11 is 0. The number of carbonyl (C=O) groups is 1. The molecular weight excluding hydrogens is 1450 g/mol. The molecule has 0 aromatic carbocycles. The van der Waals surface area contributed by atoms with Gasteiger partial charge in [0.15, 0.2) is 44.0 Å². The van der Waals surface area contributed by atoms with Crippen molar-refractivity contribution in [1.29, 1.82) is 0 Å². The number of hydrogen-bond acceptors (Lipinski definition) is 43. The first-order valence-corrected chi connectivity index (χ1v) is 35.0. The summed E-state index contributed by atoms with van der Waals surface area (Å²) in [6, 6.07) is -1.62. The summed E-state index contributed by atoms with van der Waals surface area (Å²) in [4.78, 5) is 13.0. The molecule has 0 bridgehead atoms. The van der Waals surface area contributed by atoms with Crippen LogP contribution in [0.15, 0.2) is 0 Å². The van der Waals surface area contributed by atoms with Crippen molar-refractivity contribution >= 4 is 5.97 Å². The number of aliphatic hydroxyl groups excluding tert-OH is 24. The highest BCUT2D eigenvalue weighted by molar-refractivity contribution is 5.76. The van der Waals surface area contributed by atoms with Gasteiger partial charge >= 0.3 is 5.97 Å². The Hall–Kier alpha value is -2.21. The number of rotatable bonds is 28. The van der Waals surface area contributed by atoms with Crippen LogP contribution in [0.2, 0.25) is 0 Å². The summed E-state index contributed by atoms with van der Waals surface area (Å²) in [5.74, 6) is -9.45. The quantitative estimate of drug-likeness (QED) is 0.0346. The van der Waals surface area contributed by atoms with E-state index in [-0.39, 0.29) is 0 Å². The number of nitrogens with two attached hydrogens (primary N) is 1. The Morgan fingerprint density at radius 1 is 0.387 bits per heavy atom. The molecular formula is C62H107NO43. The maximum Gasteiger partial charge on any atom is 0.364 e. The number of hydrogen-bond donors (Lipinski definition) is 26. The molecule has 0 radical (unpaired) electrons. The van der Waals surface area contributed by atoms with Crippen LogP contribution in [0.25, 0.3) is 0 Å². The second kappa shape index (κ2) is 37.4. The number of carboxylic acid groups (broad SMARTS) is 1. The van der Waals surface area contributed by atoms with Gasteiger partial charge in [0, 0.05) is 30.1 Å². The largest absolute Gasteiger partial charge is 0.477 e. The van der Waals surface area contributed by atoms with E-state index < -0.39 is 353 Å². The van der Waals surface area contributed by atoms with E-state index in [9.17, 15) is 132 Å². The predicted molar refractivity (Wildman–Crippen MR) is 332 cm³/mol. The molecule has 18 unspecified atom stereocenters. The molecule has 27 N–H and O–H groups in total. The Balaban J connectivity index is 0.967. The maximum atomic E-state index is 13.0. The lowest BCUT2D eigenvalue weighted by atomic mass is 9.88. The minimum Gasteiger partial charge on any atom is -0.477 e. The van der Waals surface area contributed by atoms with Crippen molar-refractivity contribution in [3.05, 3.63) is 0 Å². The van der Waals surface area contributed by atoms with Crippen LogP contribution in [0.4, 0.5) is 0 Å². The van der Waals surface area contributed by atoms with E-state index in [0.717, 1.165) is 0 Å². The smallest absolute Gasteiger partial charge is 0.364 e. The van der Waals surface area contributed by atoms with E-state index >= 15 is 0 Å². The topological polar surface area (TPSA) is 706 Å². The minimum absolute atomic E-state index is 0.528. The summed E-state index contributed by atoms with van der Waals surface area (Å²) in [5.41, 5.74) is 5.99. The molecule has 618 valence electrons. The SMILES string of the molecule is CC1C(O)[C@H](O[C@@H]2OC(CO)[C@H](O)C(O[C@]3(C(=O)O)C[C@@H](O)[C@@H](N)C([C@H](O)[C@H](O)CO)O3)[C@@H]2O)[C@H](CO)O[C@H]1O[C@@H]1C(O)[C@H](O)C(CO)O[C@@H]1OCC1O[C@@H](O[C@@H]2C(CO)O[C@@H](O[C@@H]3C(CO)O[C@@H](C)[C@@H](C)C3O)[C@@H](C)C2O)C(O)C(O[C@H]2O[C@H](CO)[C@@H](O)C(O)C2O[C@@H]2OC(CO)[C@@H](O)C(O)[C@@H]2C)[C@@H]1O. The first-order valence-electron chi connectivity index (χ1n) is 35.0. The van der Waals surface area contributed by atoms with E-state index in [4.69, 9.17) is 86.3 Å². The van der Waals surface area contributed by atoms with E-state index in [1.54, 1.807) is 13.8 Å². The standard InChI is InChI=1S/C62H107NO43/c1-16-20(5)91-27(12-69)46(33(16)75)99-55-18(3)34(76)47(28(13-70)96-55)100-57-44(86)50(102-60-53(43(85)39(81)25(10-67)95-60)104-54-17(2)32(74)37(79)23(8-65)92-54)41(83)30(98-57)15-90-59-52(42(84)38(80)24(9-66)94-59)103-56-19(4)35(77)48(29(14-71)97-56)101-58-45(87)51(40(82)26(11-68)93-58)106-62(61(88)89)6-21(72)31(63)49(105-62)36(78)22(73)7-64/h16-60,64-87H,6-15,63H2,1-5H3,(H,88,89)/t16-,17+,18+,19?,20+,21-,22-,23?,24?,25-,26?,27?,28?,29+,30?,31-,32?,33?,34?,35?,36-,37-,38-,39-,40+,41-,42?,43?,44?,45+,46-,47-,48-,49?,50?,51?,52-,53?,54+,55+,56+,57+,58+,59+,60-,62+/m1/s1. The van der Waals surface area contributed by atoms with Crippen molar-refractivity contribution in [2.75, 3.05) is 59.5 Å². The zero-order chi connectivity index (χ0) is 78.1. The molecule has 0 spiro atoms. The van der Waals surface area contributed by atoms with E-state index in [1.165, 1.54) is 20.8 Å². The zero-order valence-corrected chi connectivity index (χ0v) is 58.2. The first-order chi connectivity index (χ1) is 50.1. The predicted octanol–water partition coefficient (Wildman–Crippen LogP) is -15.3. The summed E-state index contributed by atoms with van der Waals surface area (Å²) in [7, 11) is 0. The zero-order valence-electron chi connectivity index (χ0n) is 58.2. The van der Waals surface area contributed by atoms with Crippen molar-refractivity contribution in [2.24, 2.45) is 29.4 Å². The van der Waals surface area contributed by atoms with Crippen LogP contribution in [0.3, 0.4) is 0 Å². The first kappa shape index (κ1) is 87.8. The molecule has 0 aromatic rings. The highest BCUT2D eigenvalue weighted by atomic mass is 16.8. The summed E-state index contributed by atoms with van der Waals surface area (Å²) in [5, 5.41) is 275. The maximum absolute atomic E-state index is 13.0. The van der Waals surface area contributed by atoms with Gasteiger partial charge in [0.1, 0.15) is 165 Å². The van der Waals surface area contributed by atoms with Crippen molar-refractivity contribution in [3.8, 4) is 0 Å². The van der Waals surface area contributed by atoms with Crippen LogP contribution in [0.5, 0.6) is 0 Å². The van der Waals surface area contributed by atoms with Crippen LogP contribution in [0, 0.1) is 23.7 Å². The Bertz CT molecular complexity index is 2690. The van der Waals surface area contributed by atoms with E-state index in [1.807, 2.05) is 0 Å². The van der Waals surface area contributed by atoms with Gasteiger partial charge in [-0.3, -0.25) is 0 Å². The number of carboxylic acids is 1. The molecule has 9 fully saturated rings. The lowest BCUT2D eigenvalue weighted by Gasteiger charge is -2.51. The summed E-state index contributed by atoms with van der Waals surface area (Å²) < 4.78 is 102. The molecule has 9 saturated heterocycles. The fourth-order valence-electron chi connectivity index (χ4n) is 14.5.